The first-order chi connectivity index (χ1) is 22.8. The van der Waals surface area contributed by atoms with E-state index in [2.05, 4.69) is 10.6 Å². The van der Waals surface area contributed by atoms with Crippen LogP contribution in [0.1, 0.15) is 27.6 Å². The second kappa shape index (κ2) is 13.6. The lowest BCUT2D eigenvalue weighted by Crippen LogP contribution is -2.30. The number of carbonyl (C=O) groups is 3. The second-order valence-corrected chi connectivity index (χ2v) is 12.1. The van der Waals surface area contributed by atoms with E-state index in [1.54, 1.807) is 65.2 Å². The molecule has 0 aliphatic carbocycles. The van der Waals surface area contributed by atoms with Crippen molar-refractivity contribution in [2.24, 2.45) is 0 Å². The maximum atomic E-state index is 13.7. The minimum absolute atomic E-state index is 0.0521. The van der Waals surface area contributed by atoms with Gasteiger partial charge in [-0.25, -0.2) is 0 Å². The molecule has 0 saturated carbocycles. The van der Waals surface area contributed by atoms with Crippen molar-refractivity contribution in [2.75, 3.05) is 5.32 Å². The Morgan fingerprint density at radius 1 is 0.766 bits per heavy atom. The summed E-state index contributed by atoms with van der Waals surface area (Å²) < 4.78 is 1.77. The van der Waals surface area contributed by atoms with E-state index in [9.17, 15) is 24.5 Å². The van der Waals surface area contributed by atoms with Gasteiger partial charge < -0.3 is 10.6 Å². The number of aromatic nitrogens is 1. The maximum absolute atomic E-state index is 13.7. The number of thioether (sulfide) groups is 1. The van der Waals surface area contributed by atoms with E-state index < -0.39 is 22.0 Å². The fraction of sp³-hybridized carbons (Fsp3) is 0.0541. The third-order valence-electron chi connectivity index (χ3n) is 7.54. The fourth-order valence-corrected chi connectivity index (χ4v) is 6.19. The van der Waals surface area contributed by atoms with Crippen LogP contribution in [0.2, 0.25) is 0 Å². The van der Waals surface area contributed by atoms with Gasteiger partial charge >= 0.3 is 0 Å². The SMILES string of the molecule is CC(Sc1ccc(NC(=O)/C(=C\c2ccccc2[N+](=O)[O-])NC(=O)c2ccccc2)cc1)C(=O)n1c2ccccc2c2ccccc21. The van der Waals surface area contributed by atoms with E-state index >= 15 is 0 Å². The molecule has 0 saturated heterocycles. The van der Waals surface area contributed by atoms with E-state index in [0.717, 1.165) is 26.7 Å². The van der Waals surface area contributed by atoms with Crippen molar-refractivity contribution in [3.63, 3.8) is 0 Å². The average molecular weight is 641 g/mol. The predicted octanol–water partition coefficient (Wildman–Crippen LogP) is 7.93. The number of carbonyl (C=O) groups excluding carboxylic acids is 3. The number of nitro groups is 1. The molecule has 0 aliphatic heterocycles. The molecule has 5 aromatic carbocycles. The van der Waals surface area contributed by atoms with Gasteiger partial charge in [0.1, 0.15) is 5.70 Å². The molecule has 1 atom stereocenters. The van der Waals surface area contributed by atoms with Crippen LogP contribution in [0.5, 0.6) is 0 Å². The van der Waals surface area contributed by atoms with Crippen LogP contribution in [0.3, 0.4) is 0 Å². The van der Waals surface area contributed by atoms with Crippen molar-refractivity contribution in [3.8, 4) is 0 Å². The summed E-state index contributed by atoms with van der Waals surface area (Å²) >= 11 is 1.40. The van der Waals surface area contributed by atoms with E-state index in [1.807, 2.05) is 55.5 Å². The average Bonchev–Trinajstić information content (AvgIpc) is 3.43. The number of para-hydroxylation sites is 3. The van der Waals surface area contributed by atoms with Crippen LogP contribution < -0.4 is 10.6 Å². The molecule has 2 amide bonds. The zero-order chi connectivity index (χ0) is 32.9. The Morgan fingerprint density at radius 2 is 1.34 bits per heavy atom. The molecule has 0 radical (unpaired) electrons. The lowest BCUT2D eigenvalue weighted by Gasteiger charge is -2.14. The minimum atomic E-state index is -0.664. The Hall–Kier alpha value is -6.00. The van der Waals surface area contributed by atoms with Crippen LogP contribution in [0.4, 0.5) is 11.4 Å². The zero-order valence-corrected chi connectivity index (χ0v) is 25.9. The molecular weight excluding hydrogens is 612 g/mol. The van der Waals surface area contributed by atoms with Gasteiger partial charge in [-0.15, -0.1) is 11.8 Å². The molecule has 47 heavy (non-hydrogen) atoms. The van der Waals surface area contributed by atoms with Gasteiger partial charge in [-0.3, -0.25) is 29.1 Å². The Kier molecular flexibility index (Phi) is 8.94. The Bertz CT molecular complexity index is 2120. The standard InChI is InChI=1S/C37H28N4O5S/c1-24(37(44)40-33-17-9-6-14-29(33)30-15-7-10-18-34(30)40)47-28-21-19-27(20-22-28)38-36(43)31(39-35(42)25-11-3-2-4-12-25)23-26-13-5-8-16-32(26)41(45)46/h2-24H,1H3,(H,38,43)(H,39,42)/b31-23+. The number of hydrogen-bond acceptors (Lipinski definition) is 6. The van der Waals surface area contributed by atoms with Gasteiger partial charge in [0.15, 0.2) is 0 Å². The summed E-state index contributed by atoms with van der Waals surface area (Å²) in [6, 6.07) is 37.0. The van der Waals surface area contributed by atoms with Crippen LogP contribution in [0.15, 0.2) is 138 Å². The normalized spacial score (nSPS) is 12.1. The number of benzene rings is 5. The molecule has 0 fully saturated rings. The minimum Gasteiger partial charge on any atom is -0.321 e. The van der Waals surface area contributed by atoms with Crippen LogP contribution in [-0.4, -0.2) is 32.5 Å². The third-order valence-corrected chi connectivity index (χ3v) is 8.63. The molecule has 1 unspecified atom stereocenters. The zero-order valence-electron chi connectivity index (χ0n) is 25.1. The number of nitrogens with zero attached hydrogens (tertiary/aromatic N) is 2. The summed E-state index contributed by atoms with van der Waals surface area (Å²) in [5.74, 6) is -1.26. The summed E-state index contributed by atoms with van der Waals surface area (Å²) in [4.78, 5) is 52.0. The van der Waals surface area contributed by atoms with Crippen molar-refractivity contribution >= 4 is 68.7 Å². The first kappa shape index (κ1) is 31.0. The van der Waals surface area contributed by atoms with Gasteiger partial charge in [-0.2, -0.15) is 0 Å². The molecule has 6 aromatic rings. The number of nitrogens with one attached hydrogen (secondary N) is 2. The molecular formula is C37H28N4O5S. The molecule has 6 rings (SSSR count). The van der Waals surface area contributed by atoms with E-state index in [0.29, 0.717) is 11.3 Å². The van der Waals surface area contributed by atoms with Gasteiger partial charge in [0, 0.05) is 33.0 Å². The second-order valence-electron chi connectivity index (χ2n) is 10.6. The quantitative estimate of drug-likeness (QED) is 0.0716. The van der Waals surface area contributed by atoms with Gasteiger partial charge in [-0.05, 0) is 67.6 Å². The molecule has 232 valence electrons. The van der Waals surface area contributed by atoms with Crippen LogP contribution in [0.25, 0.3) is 27.9 Å². The Morgan fingerprint density at radius 3 is 1.98 bits per heavy atom. The monoisotopic (exact) mass is 640 g/mol. The molecule has 0 aliphatic rings. The number of hydrogen-bond donors (Lipinski definition) is 2. The molecule has 9 nitrogen and oxygen atoms in total. The number of amides is 2. The van der Waals surface area contributed by atoms with Gasteiger partial charge in [-0.1, -0.05) is 66.7 Å². The highest BCUT2D eigenvalue weighted by molar-refractivity contribution is 8.00. The third kappa shape index (κ3) is 6.68. The van der Waals surface area contributed by atoms with Crippen LogP contribution in [0, 0.1) is 10.1 Å². The molecule has 10 heteroatoms. The molecule has 1 heterocycles. The highest BCUT2D eigenvalue weighted by atomic mass is 32.2. The predicted molar refractivity (Wildman–Crippen MR) is 185 cm³/mol. The maximum Gasteiger partial charge on any atom is 0.276 e. The lowest BCUT2D eigenvalue weighted by atomic mass is 10.1. The summed E-state index contributed by atoms with van der Waals surface area (Å²) in [5.41, 5.74) is 2.24. The van der Waals surface area contributed by atoms with Crippen molar-refractivity contribution in [2.45, 2.75) is 17.1 Å². The Labute approximate surface area is 274 Å². The van der Waals surface area contributed by atoms with Gasteiger partial charge in [0.05, 0.1) is 26.8 Å². The van der Waals surface area contributed by atoms with E-state index in [4.69, 9.17) is 0 Å². The summed E-state index contributed by atoms with van der Waals surface area (Å²) in [7, 11) is 0. The van der Waals surface area contributed by atoms with Crippen molar-refractivity contribution in [1.82, 2.24) is 9.88 Å². The number of anilines is 1. The molecule has 0 bridgehead atoms. The van der Waals surface area contributed by atoms with Crippen LogP contribution in [-0.2, 0) is 4.79 Å². The largest absolute Gasteiger partial charge is 0.321 e. The van der Waals surface area contributed by atoms with E-state index in [-0.39, 0.29) is 22.9 Å². The summed E-state index contributed by atoms with van der Waals surface area (Å²) in [6.45, 7) is 1.86. The molecule has 2 N–H and O–H groups in total. The fourth-order valence-electron chi connectivity index (χ4n) is 5.29. The van der Waals surface area contributed by atoms with Crippen molar-refractivity contribution in [1.29, 1.82) is 0 Å². The van der Waals surface area contributed by atoms with E-state index in [1.165, 1.54) is 36.0 Å². The first-order valence-electron chi connectivity index (χ1n) is 14.7. The molecule has 1 aromatic heterocycles. The van der Waals surface area contributed by atoms with Crippen molar-refractivity contribution in [3.05, 3.63) is 154 Å². The number of rotatable bonds is 9. The summed E-state index contributed by atoms with van der Waals surface area (Å²) in [5, 5.41) is 18.6. The van der Waals surface area contributed by atoms with Gasteiger partial charge in [0.2, 0.25) is 5.91 Å². The van der Waals surface area contributed by atoms with Crippen molar-refractivity contribution < 1.29 is 19.3 Å². The van der Waals surface area contributed by atoms with Crippen LogP contribution >= 0.6 is 11.8 Å². The highest BCUT2D eigenvalue weighted by Crippen LogP contribution is 2.32. The lowest BCUT2D eigenvalue weighted by molar-refractivity contribution is -0.385. The Balaban J connectivity index is 1.20. The number of fused-ring (bicyclic) bond motifs is 3. The first-order valence-corrected chi connectivity index (χ1v) is 15.6. The summed E-state index contributed by atoms with van der Waals surface area (Å²) in [6.07, 6.45) is 1.28. The smallest absolute Gasteiger partial charge is 0.276 e. The van der Waals surface area contributed by atoms with Gasteiger partial charge in [0.25, 0.3) is 17.5 Å². The topological polar surface area (TPSA) is 123 Å². The molecule has 0 spiro atoms. The number of nitro benzene ring substituents is 1. The highest BCUT2D eigenvalue weighted by Gasteiger charge is 2.22.